The molecule has 2 aliphatic heterocycles. The molecule has 2 aliphatic rings. The van der Waals surface area contributed by atoms with Crippen LogP contribution in [0.15, 0.2) is 46.6 Å². The molecule has 160 valence electrons. The zero-order chi connectivity index (χ0) is 22.5. The van der Waals surface area contributed by atoms with Crippen LogP contribution in [0.1, 0.15) is 23.7 Å². The van der Waals surface area contributed by atoms with Crippen molar-refractivity contribution in [2.24, 2.45) is 5.73 Å². The van der Waals surface area contributed by atoms with E-state index in [1.54, 1.807) is 38.1 Å². The molecule has 10 heteroatoms. The van der Waals surface area contributed by atoms with E-state index in [9.17, 15) is 24.3 Å². The van der Waals surface area contributed by atoms with Crippen LogP contribution in [0.5, 0.6) is 5.75 Å². The number of ether oxygens (including phenoxy) is 2. The van der Waals surface area contributed by atoms with Crippen molar-refractivity contribution in [3.05, 3.63) is 69.0 Å². The normalized spacial score (nSPS) is 19.2. The third-order valence-electron chi connectivity index (χ3n) is 5.29. The summed E-state index contributed by atoms with van der Waals surface area (Å²) in [5.41, 5.74) is 3.85. The third kappa shape index (κ3) is 2.71. The number of carbonyl (C=O) groups is 3. The number of para-hydroxylation sites is 1. The second kappa shape index (κ2) is 7.01. The molecule has 0 aliphatic carbocycles. The lowest BCUT2D eigenvalue weighted by Crippen LogP contribution is -2.52. The number of aromatic nitrogens is 1. The monoisotopic (exact) mass is 425 g/mol. The number of esters is 1. The van der Waals surface area contributed by atoms with Gasteiger partial charge in [0.2, 0.25) is 11.8 Å². The molecule has 1 spiro atoms. The Morgan fingerprint density at radius 3 is 2.68 bits per heavy atom. The molecule has 1 atom stereocenters. The molecule has 10 nitrogen and oxygen atoms in total. The number of carbonyl (C=O) groups excluding carboxylic acids is 2. The number of carboxylic acid groups (broad SMARTS) is 1. The van der Waals surface area contributed by atoms with Gasteiger partial charge in [0.05, 0.1) is 12.2 Å². The van der Waals surface area contributed by atoms with Gasteiger partial charge in [-0.2, -0.15) is 0 Å². The number of benzene rings is 1. The minimum absolute atomic E-state index is 0.00660. The van der Waals surface area contributed by atoms with E-state index in [4.69, 9.17) is 15.2 Å². The van der Waals surface area contributed by atoms with E-state index in [2.05, 4.69) is 4.98 Å². The molecule has 4 rings (SSSR count). The van der Waals surface area contributed by atoms with Crippen molar-refractivity contribution in [2.45, 2.75) is 19.3 Å². The van der Waals surface area contributed by atoms with Crippen LogP contribution in [-0.2, 0) is 24.5 Å². The lowest BCUT2D eigenvalue weighted by Gasteiger charge is -2.35. The summed E-state index contributed by atoms with van der Waals surface area (Å²) in [6, 6.07) is 7.83. The van der Waals surface area contributed by atoms with Crippen LogP contribution in [0.3, 0.4) is 0 Å². The van der Waals surface area contributed by atoms with E-state index < -0.39 is 41.2 Å². The van der Waals surface area contributed by atoms with E-state index in [1.165, 1.54) is 6.07 Å². The first-order chi connectivity index (χ1) is 14.7. The number of nitrogens with two attached hydrogens (primary N) is 1. The number of nitrogens with zero attached hydrogens (tertiary/aromatic N) is 1. The fraction of sp³-hybridized carbons (Fsp3) is 0.238. The lowest BCUT2D eigenvalue weighted by molar-refractivity contribution is -0.141. The number of hydrogen-bond acceptors (Lipinski definition) is 7. The highest BCUT2D eigenvalue weighted by atomic mass is 16.5. The summed E-state index contributed by atoms with van der Waals surface area (Å²) in [7, 11) is 0. The van der Waals surface area contributed by atoms with Crippen molar-refractivity contribution >= 4 is 23.5 Å². The summed E-state index contributed by atoms with van der Waals surface area (Å²) in [5.74, 6) is -3.39. The highest BCUT2D eigenvalue weighted by Crippen LogP contribution is 2.54. The predicted molar refractivity (Wildman–Crippen MR) is 107 cm³/mol. The van der Waals surface area contributed by atoms with Crippen molar-refractivity contribution in [2.75, 3.05) is 18.1 Å². The van der Waals surface area contributed by atoms with Crippen molar-refractivity contribution in [1.29, 1.82) is 0 Å². The zero-order valence-corrected chi connectivity index (χ0v) is 16.7. The number of pyridine rings is 1. The Morgan fingerprint density at radius 2 is 2.00 bits per heavy atom. The number of H-pyrrole nitrogens is 1. The van der Waals surface area contributed by atoms with Gasteiger partial charge in [-0.1, -0.05) is 18.2 Å². The first-order valence-electron chi connectivity index (χ1n) is 9.46. The summed E-state index contributed by atoms with van der Waals surface area (Å²) in [5, 5.41) is 9.39. The molecule has 1 aromatic heterocycles. The smallest absolute Gasteiger partial charge is 0.341 e. The number of carboxylic acids is 1. The van der Waals surface area contributed by atoms with Crippen LogP contribution in [0.25, 0.3) is 0 Å². The van der Waals surface area contributed by atoms with Gasteiger partial charge >= 0.3 is 11.9 Å². The number of aromatic amines is 1. The van der Waals surface area contributed by atoms with Gasteiger partial charge < -0.3 is 25.3 Å². The SMILES string of the molecule is CCOC(=O)C1=C(N)Oc2cc(C)[nH]c(=O)c2C12C(=O)N(CC(=O)O)c1ccccc12. The Labute approximate surface area is 175 Å². The maximum absolute atomic E-state index is 13.9. The van der Waals surface area contributed by atoms with Crippen LogP contribution in [0, 0.1) is 6.92 Å². The molecule has 4 N–H and O–H groups in total. The molecule has 3 heterocycles. The highest BCUT2D eigenvalue weighted by Gasteiger charge is 2.62. The second-order valence-corrected chi connectivity index (χ2v) is 7.13. The quantitative estimate of drug-likeness (QED) is 0.600. The zero-order valence-electron chi connectivity index (χ0n) is 16.7. The van der Waals surface area contributed by atoms with Crippen molar-refractivity contribution in [1.82, 2.24) is 4.98 Å². The van der Waals surface area contributed by atoms with Crippen LogP contribution < -0.4 is 20.9 Å². The third-order valence-corrected chi connectivity index (χ3v) is 5.29. The Bertz CT molecular complexity index is 1230. The minimum atomic E-state index is -2.02. The molecule has 0 saturated carbocycles. The number of aryl methyl sites for hydroxylation is 1. The van der Waals surface area contributed by atoms with Crippen LogP contribution in [0.4, 0.5) is 5.69 Å². The molecular weight excluding hydrogens is 406 g/mol. The Morgan fingerprint density at radius 1 is 1.29 bits per heavy atom. The molecule has 2 aromatic rings. The van der Waals surface area contributed by atoms with E-state index in [0.717, 1.165) is 4.90 Å². The minimum Gasteiger partial charge on any atom is -0.480 e. The van der Waals surface area contributed by atoms with Gasteiger partial charge in [-0.25, -0.2) is 4.79 Å². The molecule has 31 heavy (non-hydrogen) atoms. The molecule has 1 amide bonds. The van der Waals surface area contributed by atoms with Crippen LogP contribution in [0.2, 0.25) is 0 Å². The Kier molecular flexibility index (Phi) is 4.57. The molecule has 0 fully saturated rings. The second-order valence-electron chi connectivity index (χ2n) is 7.13. The number of rotatable bonds is 4. The number of amides is 1. The van der Waals surface area contributed by atoms with Crippen molar-refractivity contribution in [3.8, 4) is 5.75 Å². The number of nitrogens with one attached hydrogen (secondary N) is 1. The van der Waals surface area contributed by atoms with Crippen LogP contribution >= 0.6 is 0 Å². The fourth-order valence-electron chi connectivity index (χ4n) is 4.26. The van der Waals surface area contributed by atoms with Gasteiger partial charge in [0, 0.05) is 23.0 Å². The summed E-state index contributed by atoms with van der Waals surface area (Å²) in [6.45, 7) is 2.51. The molecule has 0 saturated heterocycles. The maximum atomic E-state index is 13.9. The average Bonchev–Trinajstić information content (AvgIpc) is 2.91. The van der Waals surface area contributed by atoms with Crippen LogP contribution in [-0.4, -0.2) is 41.1 Å². The molecule has 0 radical (unpaired) electrons. The molecule has 1 aromatic carbocycles. The van der Waals surface area contributed by atoms with Gasteiger partial charge in [0.15, 0.2) is 0 Å². The number of fused-ring (bicyclic) bond motifs is 4. The van der Waals surface area contributed by atoms with E-state index in [0.29, 0.717) is 5.69 Å². The van der Waals surface area contributed by atoms with Gasteiger partial charge in [0.25, 0.3) is 5.56 Å². The van der Waals surface area contributed by atoms with Crippen molar-refractivity contribution in [3.63, 3.8) is 0 Å². The summed E-state index contributed by atoms with van der Waals surface area (Å²) < 4.78 is 10.7. The number of hydrogen-bond donors (Lipinski definition) is 3. The molecule has 1 unspecified atom stereocenters. The van der Waals surface area contributed by atoms with Gasteiger partial charge in [-0.15, -0.1) is 0 Å². The number of aliphatic carboxylic acids is 1. The first kappa shape index (κ1) is 20.2. The number of anilines is 1. The Hall–Kier alpha value is -4.08. The van der Waals surface area contributed by atoms with E-state index >= 15 is 0 Å². The summed E-state index contributed by atoms with van der Waals surface area (Å²) in [4.78, 5) is 55.2. The average molecular weight is 425 g/mol. The lowest BCUT2D eigenvalue weighted by atomic mass is 9.68. The summed E-state index contributed by atoms with van der Waals surface area (Å²) in [6.07, 6.45) is 0. The molecule has 0 bridgehead atoms. The fourth-order valence-corrected chi connectivity index (χ4v) is 4.26. The summed E-state index contributed by atoms with van der Waals surface area (Å²) >= 11 is 0. The predicted octanol–water partition coefficient (Wildman–Crippen LogP) is 0.526. The topological polar surface area (TPSA) is 152 Å². The van der Waals surface area contributed by atoms with Gasteiger partial charge in [-0.05, 0) is 19.9 Å². The standard InChI is InChI=1S/C21H19N3O7/c1-3-30-19(28)16-17(22)31-13-8-10(2)23-18(27)15(13)21(16)11-6-4-5-7-12(11)24(20(21)29)9-14(25)26/h4-8H,3,9,22H2,1-2H3,(H,23,27)(H,25,26). The highest BCUT2D eigenvalue weighted by molar-refractivity contribution is 6.19. The Balaban J connectivity index is 2.15. The molecular formula is C21H19N3O7. The first-order valence-corrected chi connectivity index (χ1v) is 9.46. The van der Waals surface area contributed by atoms with E-state index in [-0.39, 0.29) is 34.7 Å². The van der Waals surface area contributed by atoms with Gasteiger partial charge in [0.1, 0.15) is 23.3 Å². The largest absolute Gasteiger partial charge is 0.480 e. The van der Waals surface area contributed by atoms with E-state index in [1.807, 2.05) is 0 Å². The maximum Gasteiger partial charge on any atom is 0.341 e. The van der Waals surface area contributed by atoms with Gasteiger partial charge in [-0.3, -0.25) is 19.3 Å². The van der Waals surface area contributed by atoms with Crippen molar-refractivity contribution < 1.29 is 29.0 Å².